The number of amides is 1. The van der Waals surface area contributed by atoms with Crippen LogP contribution in [0.5, 0.6) is 23.0 Å². The average molecular weight is 645 g/mol. The van der Waals surface area contributed by atoms with Gasteiger partial charge in [-0.3, -0.25) is 10.2 Å². The number of aliphatic imine (C=N–C) groups is 1. The molecule has 3 aromatic carbocycles. The lowest BCUT2D eigenvalue weighted by molar-refractivity contribution is -0.129. The number of aliphatic hydroxyl groups is 1. The Morgan fingerprint density at radius 1 is 1.07 bits per heavy atom. The molecule has 0 aromatic heterocycles. The second kappa shape index (κ2) is 15.2. The van der Waals surface area contributed by atoms with Crippen LogP contribution in [0, 0.1) is 0 Å². The quantitative estimate of drug-likeness (QED) is 0.114. The summed E-state index contributed by atoms with van der Waals surface area (Å²) in [5, 5.41) is 9.79. The second-order valence-electron chi connectivity index (χ2n) is 9.79. The third kappa shape index (κ3) is 7.22. The number of hydrogen-bond acceptors (Lipinski definition) is 9. The van der Waals surface area contributed by atoms with Gasteiger partial charge < -0.3 is 28.8 Å². The molecule has 12 heteroatoms. The molecule has 0 spiro atoms. The second-order valence-corrected chi connectivity index (χ2v) is 10.6. The summed E-state index contributed by atoms with van der Waals surface area (Å²) in [4.78, 5) is 18.9. The number of rotatable bonds is 15. The lowest BCUT2D eigenvalue weighted by atomic mass is 9.84. The van der Waals surface area contributed by atoms with Crippen molar-refractivity contribution in [3.63, 3.8) is 0 Å². The van der Waals surface area contributed by atoms with Gasteiger partial charge in [0.2, 0.25) is 11.6 Å². The van der Waals surface area contributed by atoms with E-state index in [0.29, 0.717) is 57.2 Å². The van der Waals surface area contributed by atoms with Crippen molar-refractivity contribution in [1.82, 2.24) is 10.9 Å². The number of hydrogen-bond donors (Lipinski definition) is 3. The molecule has 0 saturated heterocycles. The predicted molar refractivity (Wildman–Crippen MR) is 169 cm³/mol. The Kier molecular flexibility index (Phi) is 11.4. The molecule has 0 fully saturated rings. The van der Waals surface area contributed by atoms with Crippen molar-refractivity contribution in [2.75, 3.05) is 34.5 Å². The lowest BCUT2D eigenvalue weighted by Crippen LogP contribution is -2.52. The van der Waals surface area contributed by atoms with Crippen LogP contribution in [-0.2, 0) is 16.1 Å². The van der Waals surface area contributed by atoms with Gasteiger partial charge in [-0.25, -0.2) is 10.4 Å². The monoisotopic (exact) mass is 643 g/mol. The molecular weight excluding hydrogens is 609 g/mol. The molecule has 0 saturated carbocycles. The fourth-order valence-electron chi connectivity index (χ4n) is 4.80. The highest BCUT2D eigenvalue weighted by atomic mass is 35.5. The van der Waals surface area contributed by atoms with Crippen molar-refractivity contribution in [2.24, 2.45) is 4.99 Å². The molecule has 1 amide bonds. The Bertz CT molecular complexity index is 1470. The van der Waals surface area contributed by atoms with E-state index in [-0.39, 0.29) is 25.5 Å². The zero-order chi connectivity index (χ0) is 31.7. The van der Waals surface area contributed by atoms with Gasteiger partial charge in [-0.15, -0.1) is 6.58 Å². The zero-order valence-electron chi connectivity index (χ0n) is 24.7. The van der Waals surface area contributed by atoms with Crippen LogP contribution in [0.15, 0.2) is 72.2 Å². The van der Waals surface area contributed by atoms with Crippen LogP contribution in [0.1, 0.15) is 35.6 Å². The first-order valence-corrected chi connectivity index (χ1v) is 14.5. The minimum absolute atomic E-state index is 0.0438. The van der Waals surface area contributed by atoms with Crippen molar-refractivity contribution < 1.29 is 33.6 Å². The molecule has 1 heterocycles. The van der Waals surface area contributed by atoms with E-state index in [4.69, 9.17) is 57.0 Å². The molecule has 3 aromatic rings. The highest BCUT2D eigenvalue weighted by Crippen LogP contribution is 2.45. The largest absolute Gasteiger partial charge is 0.494 e. The van der Waals surface area contributed by atoms with Crippen LogP contribution in [0.3, 0.4) is 0 Å². The molecule has 1 aliphatic rings. The molecular formula is C32H35Cl2N3O7. The Labute approximate surface area is 266 Å². The van der Waals surface area contributed by atoms with E-state index in [1.807, 2.05) is 0 Å². The summed E-state index contributed by atoms with van der Waals surface area (Å²) in [5.41, 5.74) is 6.26. The molecule has 2 atom stereocenters. The van der Waals surface area contributed by atoms with Crippen molar-refractivity contribution in [1.29, 1.82) is 0 Å². The SMILES string of the molecule is C=CC[C@]1(C(=O)NNCc2cc(OC)c(OC)c(OC)c2)N=C(c2ccc(OCCCO)cc2)O[C@H]1c1ccc(Cl)cc1Cl. The number of ether oxygens (including phenoxy) is 5. The molecule has 234 valence electrons. The maximum atomic E-state index is 14.0. The third-order valence-corrected chi connectivity index (χ3v) is 7.51. The minimum atomic E-state index is -1.47. The van der Waals surface area contributed by atoms with Crippen LogP contribution in [0.25, 0.3) is 0 Å². The van der Waals surface area contributed by atoms with Crippen molar-refractivity contribution in [2.45, 2.75) is 31.0 Å². The lowest BCUT2D eigenvalue weighted by Gasteiger charge is -2.30. The van der Waals surface area contributed by atoms with Gasteiger partial charge >= 0.3 is 0 Å². The van der Waals surface area contributed by atoms with Crippen LogP contribution < -0.4 is 29.8 Å². The first-order valence-electron chi connectivity index (χ1n) is 13.8. The van der Waals surface area contributed by atoms with Gasteiger partial charge in [0.25, 0.3) is 5.91 Å². The summed E-state index contributed by atoms with van der Waals surface area (Å²) in [6, 6.07) is 15.7. The van der Waals surface area contributed by atoms with Gasteiger partial charge in [-0.2, -0.15) is 0 Å². The number of methoxy groups -OCH3 is 3. The molecule has 3 N–H and O–H groups in total. The molecule has 0 unspecified atom stereocenters. The summed E-state index contributed by atoms with van der Waals surface area (Å²) in [5.74, 6) is 1.86. The highest BCUT2D eigenvalue weighted by molar-refractivity contribution is 6.35. The molecule has 1 aliphatic heterocycles. The van der Waals surface area contributed by atoms with Gasteiger partial charge in [-0.05, 0) is 54.1 Å². The van der Waals surface area contributed by atoms with E-state index in [1.165, 1.54) is 21.3 Å². The third-order valence-electron chi connectivity index (χ3n) is 6.95. The van der Waals surface area contributed by atoms with E-state index in [2.05, 4.69) is 17.4 Å². The number of halogens is 2. The Hall–Kier alpha value is -3.96. The molecule has 0 aliphatic carbocycles. The highest BCUT2D eigenvalue weighted by Gasteiger charge is 2.53. The summed E-state index contributed by atoms with van der Waals surface area (Å²) >= 11 is 12.8. The standard InChI is InChI=1S/C32H35Cl2N3O7/c1-5-13-32(31(39)37-35-19-20-16-26(40-2)28(42-4)27(17-20)41-3)29(24-12-9-22(33)18-25(24)34)44-30(36-32)21-7-10-23(11-8-21)43-15-6-14-38/h5,7-12,16-18,29,35,38H,1,6,13-15,19H2,2-4H3,(H,37,39)/t29-,32-/m0/s1. The van der Waals surface area contributed by atoms with E-state index in [0.717, 1.165) is 5.56 Å². The summed E-state index contributed by atoms with van der Waals surface area (Å²) in [7, 11) is 4.59. The normalized spacial score (nSPS) is 17.3. The fraction of sp³-hybridized carbons (Fsp3) is 0.312. The zero-order valence-corrected chi connectivity index (χ0v) is 26.2. The smallest absolute Gasteiger partial charge is 0.266 e. The van der Waals surface area contributed by atoms with Gasteiger partial charge in [0, 0.05) is 47.2 Å². The van der Waals surface area contributed by atoms with Crippen molar-refractivity contribution in [3.8, 4) is 23.0 Å². The predicted octanol–water partition coefficient (Wildman–Crippen LogP) is 5.43. The van der Waals surface area contributed by atoms with Crippen LogP contribution in [0.4, 0.5) is 0 Å². The summed E-state index contributed by atoms with van der Waals surface area (Å²) < 4.78 is 28.3. The molecule has 0 radical (unpaired) electrons. The minimum Gasteiger partial charge on any atom is -0.494 e. The van der Waals surface area contributed by atoms with Crippen LogP contribution >= 0.6 is 23.2 Å². The Morgan fingerprint density at radius 3 is 2.36 bits per heavy atom. The number of carbonyl (C=O) groups is 1. The Balaban J connectivity index is 1.64. The van der Waals surface area contributed by atoms with Gasteiger partial charge in [0.05, 0.1) is 27.9 Å². The van der Waals surface area contributed by atoms with Crippen LogP contribution in [0.2, 0.25) is 10.0 Å². The number of aliphatic hydroxyl groups excluding tert-OH is 1. The Morgan fingerprint density at radius 2 is 1.77 bits per heavy atom. The number of hydrazine groups is 1. The molecule has 0 bridgehead atoms. The van der Waals surface area contributed by atoms with E-state index in [1.54, 1.807) is 60.7 Å². The molecule has 4 rings (SSSR count). The number of carbonyl (C=O) groups excluding carboxylic acids is 1. The van der Waals surface area contributed by atoms with Crippen LogP contribution in [-0.4, -0.2) is 57.0 Å². The van der Waals surface area contributed by atoms with Crippen molar-refractivity contribution in [3.05, 3.63) is 94.0 Å². The average Bonchev–Trinajstić information content (AvgIpc) is 3.41. The number of nitrogens with one attached hydrogen (secondary N) is 2. The number of nitrogens with zero attached hydrogens (tertiary/aromatic N) is 1. The van der Waals surface area contributed by atoms with Gasteiger partial charge in [0.1, 0.15) is 5.75 Å². The maximum Gasteiger partial charge on any atom is 0.266 e. The van der Waals surface area contributed by atoms with Crippen molar-refractivity contribution >= 4 is 35.0 Å². The topological polar surface area (TPSA) is 120 Å². The fourth-order valence-corrected chi connectivity index (χ4v) is 5.31. The molecule has 44 heavy (non-hydrogen) atoms. The first kappa shape index (κ1) is 32.9. The number of benzene rings is 3. The van der Waals surface area contributed by atoms with E-state index >= 15 is 0 Å². The maximum absolute atomic E-state index is 14.0. The van der Waals surface area contributed by atoms with Gasteiger partial charge in [0.15, 0.2) is 23.1 Å². The van der Waals surface area contributed by atoms with E-state index < -0.39 is 17.6 Å². The summed E-state index contributed by atoms with van der Waals surface area (Å²) in [6.45, 7) is 4.55. The van der Waals surface area contributed by atoms with E-state index in [9.17, 15) is 4.79 Å². The first-order chi connectivity index (χ1) is 21.3. The summed E-state index contributed by atoms with van der Waals surface area (Å²) in [6.07, 6.45) is 1.38. The van der Waals surface area contributed by atoms with Gasteiger partial charge in [-0.1, -0.05) is 35.3 Å². The molecule has 10 nitrogen and oxygen atoms in total.